The molecule has 0 nitrogen and oxygen atoms in total. The Morgan fingerprint density at radius 3 is 2.39 bits per heavy atom. The van der Waals surface area contributed by atoms with Crippen molar-refractivity contribution in [3.63, 3.8) is 0 Å². The van der Waals surface area contributed by atoms with Gasteiger partial charge >= 0.3 is 0 Å². The average molecular weight is 234 g/mol. The number of rotatable bonds is 5. The van der Waals surface area contributed by atoms with Gasteiger partial charge in [-0.25, -0.2) is 0 Å². The normalized spacial score (nSPS) is 11.8. The maximum atomic E-state index is 3.96. The maximum absolute atomic E-state index is 3.96. The van der Waals surface area contributed by atoms with Crippen LogP contribution in [-0.4, -0.2) is 0 Å². The fourth-order valence-corrected chi connectivity index (χ4v) is 2.12. The predicted molar refractivity (Wildman–Crippen MR) is 79.6 cm³/mol. The molecule has 0 fully saturated rings. The number of benzene rings is 2. The molecule has 0 aromatic heterocycles. The molecule has 0 aliphatic carbocycles. The lowest BCUT2D eigenvalue weighted by Crippen LogP contribution is -1.99. The lowest BCUT2D eigenvalue weighted by Gasteiger charge is -2.13. The molecule has 1 atom stereocenters. The number of hydrogen-bond donors (Lipinski definition) is 0. The molecule has 90 valence electrons. The smallest absolute Gasteiger partial charge is 0.00559 e. The highest BCUT2D eigenvalue weighted by Gasteiger charge is 2.08. The third kappa shape index (κ3) is 2.98. The van der Waals surface area contributed by atoms with E-state index in [1.54, 1.807) is 0 Å². The molecule has 2 rings (SSSR count). The van der Waals surface area contributed by atoms with E-state index in [-0.39, 0.29) is 0 Å². The van der Waals surface area contributed by atoms with Crippen LogP contribution in [0.25, 0.3) is 6.08 Å². The predicted octanol–water partition coefficient (Wildman–Crippen LogP) is 4.84. The minimum absolute atomic E-state index is 0.354. The van der Waals surface area contributed by atoms with Gasteiger partial charge in [-0.15, -0.1) is 6.58 Å². The van der Waals surface area contributed by atoms with Gasteiger partial charge < -0.3 is 0 Å². The molecule has 0 amide bonds. The van der Waals surface area contributed by atoms with Crippen molar-refractivity contribution >= 4 is 6.08 Å². The molecule has 0 aliphatic heterocycles. The maximum Gasteiger partial charge on any atom is 0.00559 e. The van der Waals surface area contributed by atoms with Crippen LogP contribution in [0.2, 0.25) is 0 Å². The summed E-state index contributed by atoms with van der Waals surface area (Å²) >= 11 is 0. The van der Waals surface area contributed by atoms with Crippen molar-refractivity contribution in [3.05, 3.63) is 90.5 Å². The van der Waals surface area contributed by atoms with Crippen LogP contribution in [0.3, 0.4) is 0 Å². The highest BCUT2D eigenvalue weighted by atomic mass is 14.1. The Morgan fingerprint density at radius 1 is 0.944 bits per heavy atom. The highest BCUT2D eigenvalue weighted by Crippen LogP contribution is 2.23. The monoisotopic (exact) mass is 234 g/mol. The van der Waals surface area contributed by atoms with Crippen LogP contribution in [-0.2, 0) is 6.42 Å². The van der Waals surface area contributed by atoms with Crippen LogP contribution in [0.15, 0.2) is 73.8 Å². The lowest BCUT2D eigenvalue weighted by molar-refractivity contribution is 0.838. The Morgan fingerprint density at radius 2 is 1.72 bits per heavy atom. The molecule has 0 heteroatoms. The number of allylic oxidation sites excluding steroid dienone is 1. The average Bonchev–Trinajstić information content (AvgIpc) is 2.46. The quantitative estimate of drug-likeness (QED) is 0.649. The van der Waals surface area contributed by atoms with Gasteiger partial charge in [-0.1, -0.05) is 73.3 Å². The summed E-state index contributed by atoms with van der Waals surface area (Å²) in [5.41, 5.74) is 3.80. The molecule has 0 heterocycles. The van der Waals surface area contributed by atoms with Crippen molar-refractivity contribution < 1.29 is 0 Å². The van der Waals surface area contributed by atoms with Crippen LogP contribution in [0.4, 0.5) is 0 Å². The zero-order valence-electron chi connectivity index (χ0n) is 10.5. The fourth-order valence-electron chi connectivity index (χ4n) is 2.12. The summed E-state index contributed by atoms with van der Waals surface area (Å²) < 4.78 is 0. The summed E-state index contributed by atoms with van der Waals surface area (Å²) in [4.78, 5) is 0. The molecule has 0 spiro atoms. The van der Waals surface area contributed by atoms with E-state index in [1.807, 2.05) is 18.2 Å². The van der Waals surface area contributed by atoms with E-state index in [1.165, 1.54) is 11.1 Å². The van der Waals surface area contributed by atoms with Gasteiger partial charge in [0.15, 0.2) is 0 Å². The van der Waals surface area contributed by atoms with Gasteiger partial charge in [0.1, 0.15) is 0 Å². The molecule has 0 saturated heterocycles. The summed E-state index contributed by atoms with van der Waals surface area (Å²) in [5, 5.41) is 0. The van der Waals surface area contributed by atoms with Gasteiger partial charge in [0.2, 0.25) is 0 Å². The van der Waals surface area contributed by atoms with E-state index >= 15 is 0 Å². The first-order valence-electron chi connectivity index (χ1n) is 6.22. The molecule has 0 radical (unpaired) electrons. The second kappa shape index (κ2) is 6.02. The molecule has 1 unspecified atom stereocenters. The first-order valence-corrected chi connectivity index (χ1v) is 6.22. The van der Waals surface area contributed by atoms with E-state index in [0.29, 0.717) is 5.92 Å². The van der Waals surface area contributed by atoms with Crippen LogP contribution in [0.5, 0.6) is 0 Å². The van der Waals surface area contributed by atoms with Gasteiger partial charge in [-0.05, 0) is 23.1 Å². The SMILES string of the molecule is C=Cc1cccc(C(C=C)Cc2ccccc2)c1. The van der Waals surface area contributed by atoms with E-state index in [2.05, 4.69) is 61.7 Å². The van der Waals surface area contributed by atoms with E-state index in [4.69, 9.17) is 0 Å². The minimum Gasteiger partial charge on any atom is -0.102 e. The largest absolute Gasteiger partial charge is 0.102 e. The Bertz CT molecular complexity index is 523. The summed E-state index contributed by atoms with van der Waals surface area (Å²) in [5.74, 6) is 0.354. The molecule has 0 aliphatic rings. The van der Waals surface area contributed by atoms with Crippen molar-refractivity contribution in [2.24, 2.45) is 0 Å². The summed E-state index contributed by atoms with van der Waals surface area (Å²) in [6.45, 7) is 7.78. The third-order valence-electron chi connectivity index (χ3n) is 3.16. The molecular weight excluding hydrogens is 216 g/mol. The summed E-state index contributed by atoms with van der Waals surface area (Å²) in [6.07, 6.45) is 4.90. The van der Waals surface area contributed by atoms with Crippen LogP contribution in [0, 0.1) is 0 Å². The Kier molecular flexibility index (Phi) is 4.14. The van der Waals surface area contributed by atoms with E-state index < -0.39 is 0 Å². The van der Waals surface area contributed by atoms with Crippen molar-refractivity contribution in [3.8, 4) is 0 Å². The van der Waals surface area contributed by atoms with Gasteiger partial charge in [-0.3, -0.25) is 0 Å². The van der Waals surface area contributed by atoms with Crippen molar-refractivity contribution in [2.75, 3.05) is 0 Å². The molecule has 2 aromatic rings. The van der Waals surface area contributed by atoms with E-state index in [0.717, 1.165) is 12.0 Å². The minimum atomic E-state index is 0.354. The van der Waals surface area contributed by atoms with E-state index in [9.17, 15) is 0 Å². The second-order valence-electron chi connectivity index (χ2n) is 4.41. The topological polar surface area (TPSA) is 0 Å². The Labute approximate surface area is 109 Å². The molecule has 18 heavy (non-hydrogen) atoms. The highest BCUT2D eigenvalue weighted by molar-refractivity contribution is 5.49. The Balaban J connectivity index is 2.22. The van der Waals surface area contributed by atoms with Gasteiger partial charge in [0.25, 0.3) is 0 Å². The molecule has 0 N–H and O–H groups in total. The van der Waals surface area contributed by atoms with Gasteiger partial charge in [0, 0.05) is 5.92 Å². The summed E-state index contributed by atoms with van der Waals surface area (Å²) in [7, 11) is 0. The first kappa shape index (κ1) is 12.4. The molecule has 0 saturated carbocycles. The first-order chi connectivity index (χ1) is 8.83. The van der Waals surface area contributed by atoms with Crippen LogP contribution >= 0.6 is 0 Å². The fraction of sp³-hybridized carbons (Fsp3) is 0.111. The van der Waals surface area contributed by atoms with Gasteiger partial charge in [-0.2, -0.15) is 0 Å². The van der Waals surface area contributed by atoms with Gasteiger partial charge in [0.05, 0.1) is 0 Å². The van der Waals surface area contributed by atoms with Crippen molar-refractivity contribution in [1.82, 2.24) is 0 Å². The third-order valence-corrected chi connectivity index (χ3v) is 3.16. The Hall–Kier alpha value is -2.08. The van der Waals surface area contributed by atoms with Crippen LogP contribution in [0.1, 0.15) is 22.6 Å². The second-order valence-corrected chi connectivity index (χ2v) is 4.41. The lowest BCUT2D eigenvalue weighted by atomic mass is 9.91. The van der Waals surface area contributed by atoms with Crippen molar-refractivity contribution in [2.45, 2.75) is 12.3 Å². The molecule has 0 bridgehead atoms. The number of hydrogen-bond acceptors (Lipinski definition) is 0. The standard InChI is InChI=1S/C18H18/c1-3-15-11-8-12-18(13-15)17(4-2)14-16-9-6-5-7-10-16/h3-13,17H,1-2,14H2. The van der Waals surface area contributed by atoms with Crippen molar-refractivity contribution in [1.29, 1.82) is 0 Å². The van der Waals surface area contributed by atoms with Crippen LogP contribution < -0.4 is 0 Å². The zero-order valence-corrected chi connectivity index (χ0v) is 10.5. The molecule has 2 aromatic carbocycles. The molecular formula is C18H18. The zero-order chi connectivity index (χ0) is 12.8. The summed E-state index contributed by atoms with van der Waals surface area (Å²) in [6, 6.07) is 19.0.